The van der Waals surface area contributed by atoms with Crippen LogP contribution in [0.1, 0.15) is 146 Å². The van der Waals surface area contributed by atoms with Crippen LogP contribution >= 0.6 is 0 Å². The van der Waals surface area contributed by atoms with E-state index in [4.69, 9.17) is 14.2 Å². The molecule has 0 bridgehead atoms. The lowest BCUT2D eigenvalue weighted by Gasteiger charge is -2.25. The molecule has 4 aromatic carbocycles. The van der Waals surface area contributed by atoms with E-state index in [9.17, 15) is 43.5 Å². The van der Waals surface area contributed by atoms with Gasteiger partial charge in [0.05, 0.1) is 0 Å². The predicted molar refractivity (Wildman–Crippen MR) is 305 cm³/mol. The number of alkyl carbamates (subject to hydrolysis) is 3. The van der Waals surface area contributed by atoms with Crippen LogP contribution in [-0.2, 0) is 39.8 Å². The second-order valence-electron chi connectivity index (χ2n) is 22.0. The highest BCUT2D eigenvalue weighted by Crippen LogP contribution is 2.44. The number of carbonyl (C=O) groups is 8. The van der Waals surface area contributed by atoms with Gasteiger partial charge in [-0.1, -0.05) is 98.3 Å². The number of benzene rings is 4. The smallest absolute Gasteiger partial charge is 0.407 e. The molecular formula is C61H81N7O12. The summed E-state index contributed by atoms with van der Waals surface area (Å²) < 4.78 is 16.4. The Kier molecular flexibility index (Phi) is 23.9. The lowest BCUT2D eigenvalue weighted by Crippen LogP contribution is -2.57. The van der Waals surface area contributed by atoms with Gasteiger partial charge in [0.15, 0.2) is 0 Å². The summed E-state index contributed by atoms with van der Waals surface area (Å²) >= 11 is 0. The summed E-state index contributed by atoms with van der Waals surface area (Å²) in [5.41, 5.74) is 6.24. The molecule has 1 aliphatic carbocycles. The third kappa shape index (κ3) is 20.7. The Labute approximate surface area is 469 Å². The predicted octanol–water partition coefficient (Wildman–Crippen LogP) is 8.67. The minimum atomic E-state index is -1.36. The summed E-state index contributed by atoms with van der Waals surface area (Å²) in [6.07, 6.45) is 2.23. The maximum absolute atomic E-state index is 14.3. The van der Waals surface area contributed by atoms with Crippen LogP contribution in [0.15, 0.2) is 97.1 Å². The van der Waals surface area contributed by atoms with Crippen molar-refractivity contribution in [1.82, 2.24) is 37.2 Å². The van der Waals surface area contributed by atoms with Crippen LogP contribution in [0.5, 0.6) is 0 Å². The van der Waals surface area contributed by atoms with Crippen molar-refractivity contribution in [2.75, 3.05) is 26.2 Å². The molecule has 19 heteroatoms. The molecule has 0 saturated heterocycles. The number of hydrogen-bond donors (Lipinski definition) is 8. The van der Waals surface area contributed by atoms with Gasteiger partial charge in [-0.3, -0.25) is 19.2 Å². The highest BCUT2D eigenvalue weighted by Gasteiger charge is 2.33. The van der Waals surface area contributed by atoms with Crippen molar-refractivity contribution >= 4 is 47.9 Å². The van der Waals surface area contributed by atoms with Crippen molar-refractivity contribution in [2.24, 2.45) is 0 Å². The summed E-state index contributed by atoms with van der Waals surface area (Å²) in [5.74, 6) is -4.28. The number of amides is 7. The van der Waals surface area contributed by atoms with Crippen LogP contribution in [0.25, 0.3) is 22.3 Å². The van der Waals surface area contributed by atoms with Crippen molar-refractivity contribution < 1.29 is 57.7 Å². The van der Waals surface area contributed by atoms with Gasteiger partial charge in [-0.2, -0.15) is 0 Å². The minimum absolute atomic E-state index is 0.0105. The third-order valence-corrected chi connectivity index (χ3v) is 13.1. The molecule has 1 aliphatic rings. The zero-order chi connectivity index (χ0) is 58.4. The Balaban J connectivity index is 1.25. The summed E-state index contributed by atoms with van der Waals surface area (Å²) in [6, 6.07) is 26.1. The summed E-state index contributed by atoms with van der Waals surface area (Å²) in [5, 5.41) is 28.5. The number of nitrogens with one attached hydrogen (secondary N) is 7. The van der Waals surface area contributed by atoms with E-state index in [0.29, 0.717) is 31.2 Å². The van der Waals surface area contributed by atoms with Gasteiger partial charge in [-0.15, -0.1) is 0 Å². The molecule has 19 nitrogen and oxygen atoms in total. The van der Waals surface area contributed by atoms with Crippen molar-refractivity contribution in [3.8, 4) is 22.3 Å². The van der Waals surface area contributed by atoms with Gasteiger partial charge in [0.2, 0.25) is 17.7 Å². The van der Waals surface area contributed by atoms with Crippen molar-refractivity contribution in [1.29, 1.82) is 0 Å². The Morgan fingerprint density at radius 2 is 1.01 bits per heavy atom. The standard InChI is InChI=1S/C61H81N7O12/c1-9-10-19-40-26-28-41(29-27-40)42-30-32-43(33-31-42)53(70)62-35-17-15-24-49(54(71)65-39(2)52(69)67-51(56(73)74)25-16-18-36-63-57(75)79-60(3,4)5)66-55(72)50(34-37-64-58(76)80-61(6,7)8)68-59(77)78-38-48-46-22-13-11-20-44(46)45-21-12-14-23-47(45)48/h11-14,20-23,26-33,39,48-51H,9-10,15-19,24-25,34-38H2,1-8H3,(H,62,70)(H,63,75)(H,64,76)(H,65,71)(H,66,72)(H,67,69)(H,68,77)(H,73,74)/t39-,49-,50-,51-/m0/s1. The first kappa shape index (κ1) is 62.9. The minimum Gasteiger partial charge on any atom is -0.480 e. The quantitative estimate of drug-likeness (QED) is 0.0196. The number of fused-ring (bicyclic) bond motifs is 3. The van der Waals surface area contributed by atoms with Gasteiger partial charge in [0.1, 0.15) is 42.0 Å². The Hall–Kier alpha value is -7.96. The van der Waals surface area contributed by atoms with E-state index >= 15 is 0 Å². The van der Waals surface area contributed by atoms with E-state index in [1.54, 1.807) is 53.7 Å². The van der Waals surface area contributed by atoms with Gasteiger partial charge < -0.3 is 56.5 Å². The molecule has 0 unspecified atom stereocenters. The molecule has 0 aliphatic heterocycles. The zero-order valence-electron chi connectivity index (χ0n) is 47.5. The summed E-state index contributed by atoms with van der Waals surface area (Å²) in [7, 11) is 0. The lowest BCUT2D eigenvalue weighted by molar-refractivity contribution is -0.142. The number of rotatable bonds is 28. The molecule has 8 N–H and O–H groups in total. The molecule has 4 atom stereocenters. The average molecular weight is 1100 g/mol. The first-order valence-corrected chi connectivity index (χ1v) is 27.7. The van der Waals surface area contributed by atoms with E-state index in [-0.39, 0.29) is 57.3 Å². The molecule has 4 aromatic rings. The zero-order valence-corrected chi connectivity index (χ0v) is 47.5. The van der Waals surface area contributed by atoms with Crippen LogP contribution < -0.4 is 37.2 Å². The van der Waals surface area contributed by atoms with Gasteiger partial charge in [-0.25, -0.2) is 19.2 Å². The highest BCUT2D eigenvalue weighted by atomic mass is 16.6. The van der Waals surface area contributed by atoms with E-state index in [0.717, 1.165) is 52.6 Å². The van der Waals surface area contributed by atoms with Crippen LogP contribution in [0.2, 0.25) is 0 Å². The average Bonchev–Trinajstić information content (AvgIpc) is 3.92. The fraction of sp³-hybridized carbons (Fsp3) is 0.475. The Morgan fingerprint density at radius 3 is 1.56 bits per heavy atom. The number of carbonyl (C=O) groups excluding carboxylic acids is 7. The van der Waals surface area contributed by atoms with Crippen LogP contribution in [0.4, 0.5) is 14.4 Å². The normalized spacial score (nSPS) is 13.4. The van der Waals surface area contributed by atoms with Crippen LogP contribution in [0.3, 0.4) is 0 Å². The molecule has 0 fully saturated rings. The van der Waals surface area contributed by atoms with Crippen molar-refractivity contribution in [3.05, 3.63) is 119 Å². The van der Waals surface area contributed by atoms with E-state index < -0.39 is 77.3 Å². The van der Waals surface area contributed by atoms with Gasteiger partial charge in [-0.05, 0) is 157 Å². The molecule has 0 radical (unpaired) electrons. The molecule has 7 amide bonds. The third-order valence-electron chi connectivity index (χ3n) is 13.1. The molecular weight excluding hydrogens is 1020 g/mol. The number of hydrogen-bond acceptors (Lipinski definition) is 11. The number of unbranched alkanes of at least 4 members (excludes halogenated alkanes) is 3. The maximum atomic E-state index is 14.3. The second kappa shape index (κ2) is 30.4. The molecule has 5 rings (SSSR count). The fourth-order valence-corrected chi connectivity index (χ4v) is 8.97. The Bertz CT molecular complexity index is 2690. The molecule has 0 heterocycles. The topological polar surface area (TPSA) is 269 Å². The number of aliphatic carboxylic acids is 1. The second-order valence-corrected chi connectivity index (χ2v) is 22.0. The van der Waals surface area contributed by atoms with E-state index in [1.165, 1.54) is 12.5 Å². The van der Waals surface area contributed by atoms with Gasteiger partial charge in [0.25, 0.3) is 5.91 Å². The highest BCUT2D eigenvalue weighted by molar-refractivity contribution is 5.95. The first-order valence-electron chi connectivity index (χ1n) is 27.7. The molecule has 432 valence electrons. The van der Waals surface area contributed by atoms with Gasteiger partial charge in [0, 0.05) is 31.1 Å². The molecule has 0 aromatic heterocycles. The summed E-state index contributed by atoms with van der Waals surface area (Å²) in [4.78, 5) is 106. The lowest BCUT2D eigenvalue weighted by atomic mass is 9.98. The van der Waals surface area contributed by atoms with Crippen molar-refractivity contribution in [2.45, 2.75) is 161 Å². The van der Waals surface area contributed by atoms with E-state index in [2.05, 4.69) is 68.4 Å². The molecule has 0 saturated carbocycles. The van der Waals surface area contributed by atoms with Crippen LogP contribution in [0, 0.1) is 0 Å². The first-order chi connectivity index (χ1) is 38.0. The number of ether oxygens (including phenoxy) is 3. The summed E-state index contributed by atoms with van der Waals surface area (Å²) in [6.45, 7) is 14.0. The molecule has 80 heavy (non-hydrogen) atoms. The Morgan fingerprint density at radius 1 is 0.525 bits per heavy atom. The molecule has 0 spiro atoms. The maximum Gasteiger partial charge on any atom is 0.407 e. The number of carboxylic acids is 1. The van der Waals surface area contributed by atoms with Crippen LogP contribution in [-0.4, -0.2) is 115 Å². The number of aryl methyl sites for hydroxylation is 1. The SMILES string of the molecule is CCCCc1ccc(-c2ccc(C(=O)NCCCC[C@H](NC(=O)[C@H](CCNC(=O)OC(C)(C)C)NC(=O)OCC3c4ccccc4-c4ccccc43)C(=O)N[C@@H](C)C(=O)N[C@@H](CCCCNC(=O)OC(C)(C)C)C(=O)O)cc2)cc1. The fourth-order valence-electron chi connectivity index (χ4n) is 8.97. The van der Waals surface area contributed by atoms with Crippen molar-refractivity contribution in [3.63, 3.8) is 0 Å². The van der Waals surface area contributed by atoms with Gasteiger partial charge >= 0.3 is 24.2 Å². The monoisotopic (exact) mass is 1100 g/mol. The number of carboxylic acid groups (broad SMARTS) is 1. The largest absolute Gasteiger partial charge is 0.480 e. The van der Waals surface area contributed by atoms with E-state index in [1.807, 2.05) is 60.7 Å².